The maximum absolute atomic E-state index is 3.60. The van der Waals surface area contributed by atoms with Gasteiger partial charge in [0.1, 0.15) is 0 Å². The fourth-order valence-electron chi connectivity index (χ4n) is 1.65. The maximum Gasteiger partial charge on any atom is 0.0574 e. The molecule has 0 bridgehead atoms. The van der Waals surface area contributed by atoms with Crippen LogP contribution in [-0.4, -0.2) is 17.5 Å². The third kappa shape index (κ3) is 1.41. The Bertz CT molecular complexity index is 445. The Labute approximate surface area is 91.5 Å². The first-order chi connectivity index (χ1) is 6.93. The molecule has 2 heterocycles. The van der Waals surface area contributed by atoms with E-state index in [2.05, 4.69) is 35.0 Å². The molecule has 1 fully saturated rings. The first kappa shape index (κ1) is 8.62. The molecule has 1 aromatic carbocycles. The summed E-state index contributed by atoms with van der Waals surface area (Å²) in [6, 6.07) is 9.35. The minimum atomic E-state index is 0.688. The van der Waals surface area contributed by atoms with Gasteiger partial charge in [-0.05, 0) is 22.9 Å². The lowest BCUT2D eigenvalue weighted by molar-refractivity contribution is 0.885. The van der Waals surface area contributed by atoms with Crippen LogP contribution >= 0.6 is 23.1 Å². The number of hydrogen-bond acceptors (Lipinski definition) is 3. The van der Waals surface area contributed by atoms with Gasteiger partial charge < -0.3 is 5.32 Å². The summed E-state index contributed by atoms with van der Waals surface area (Å²) >= 11 is 3.83. The second-order valence-electron chi connectivity index (χ2n) is 3.52. The van der Waals surface area contributed by atoms with E-state index in [9.17, 15) is 0 Å². The average Bonchev–Trinajstić information content (AvgIpc) is 2.59. The molecule has 0 saturated carbocycles. The van der Waals surface area contributed by atoms with Crippen LogP contribution in [-0.2, 0) is 0 Å². The number of hydrogen-bond donors (Lipinski definition) is 1. The molecule has 1 aliphatic rings. The van der Waals surface area contributed by atoms with Gasteiger partial charge in [-0.2, -0.15) is 11.8 Å². The summed E-state index contributed by atoms with van der Waals surface area (Å²) < 4.78 is 1.39. The number of nitrogens with one attached hydrogen (secondary N) is 1. The van der Waals surface area contributed by atoms with Crippen LogP contribution in [0, 0.1) is 0 Å². The van der Waals surface area contributed by atoms with Gasteiger partial charge in [0.25, 0.3) is 0 Å². The molecule has 2 aromatic rings. The highest BCUT2D eigenvalue weighted by atomic mass is 32.2. The summed E-state index contributed by atoms with van der Waals surface area (Å²) in [5.74, 6) is 2.50. The first-order valence-electron chi connectivity index (χ1n) is 4.74. The van der Waals surface area contributed by atoms with E-state index in [1.807, 2.05) is 23.1 Å². The molecule has 0 unspecified atom stereocenters. The van der Waals surface area contributed by atoms with Gasteiger partial charge in [-0.3, -0.25) is 0 Å². The molecular formula is C11H11NS2. The lowest BCUT2D eigenvalue weighted by Crippen LogP contribution is -2.33. The minimum absolute atomic E-state index is 0.688. The van der Waals surface area contributed by atoms with Crippen molar-refractivity contribution in [2.75, 3.05) is 16.8 Å². The summed E-state index contributed by atoms with van der Waals surface area (Å²) in [5.41, 5.74) is 1.31. The zero-order chi connectivity index (χ0) is 9.38. The Morgan fingerprint density at radius 1 is 1.21 bits per heavy atom. The van der Waals surface area contributed by atoms with Crippen LogP contribution in [0.3, 0.4) is 0 Å². The molecule has 0 atom stereocenters. The van der Waals surface area contributed by atoms with Crippen LogP contribution in [0.1, 0.15) is 0 Å². The molecule has 0 aliphatic carbocycles. The van der Waals surface area contributed by atoms with Gasteiger partial charge in [-0.25, -0.2) is 0 Å². The normalized spacial score (nSPS) is 16.9. The van der Waals surface area contributed by atoms with E-state index in [1.165, 1.54) is 27.3 Å². The van der Waals surface area contributed by atoms with E-state index >= 15 is 0 Å². The van der Waals surface area contributed by atoms with Crippen molar-refractivity contribution < 1.29 is 0 Å². The standard InChI is InChI=1S/C11H11NS2/c1-2-8-4-5-14-11(8)10(3-1)12-9-6-13-7-9/h1-5,9,12H,6-7H2. The third-order valence-electron chi connectivity index (χ3n) is 2.48. The van der Waals surface area contributed by atoms with E-state index in [1.54, 1.807) is 0 Å². The number of fused-ring (bicyclic) bond motifs is 1. The van der Waals surface area contributed by atoms with Crippen molar-refractivity contribution in [2.24, 2.45) is 0 Å². The van der Waals surface area contributed by atoms with Gasteiger partial charge >= 0.3 is 0 Å². The highest BCUT2D eigenvalue weighted by molar-refractivity contribution is 8.00. The van der Waals surface area contributed by atoms with Gasteiger partial charge in [0.2, 0.25) is 0 Å². The molecule has 0 spiro atoms. The summed E-state index contributed by atoms with van der Waals surface area (Å²) in [6.07, 6.45) is 0. The lowest BCUT2D eigenvalue weighted by Gasteiger charge is -2.27. The quantitative estimate of drug-likeness (QED) is 0.834. The molecule has 14 heavy (non-hydrogen) atoms. The third-order valence-corrected chi connectivity index (χ3v) is 4.72. The molecule has 3 heteroatoms. The predicted octanol–water partition coefficient (Wildman–Crippen LogP) is 3.43. The number of thiophene rings is 1. The highest BCUT2D eigenvalue weighted by Crippen LogP contribution is 2.31. The molecule has 1 aromatic heterocycles. The van der Waals surface area contributed by atoms with Crippen molar-refractivity contribution in [3.8, 4) is 0 Å². The Kier molecular flexibility index (Phi) is 2.14. The van der Waals surface area contributed by atoms with Crippen LogP contribution < -0.4 is 5.32 Å². The highest BCUT2D eigenvalue weighted by Gasteiger charge is 2.18. The summed E-state index contributed by atoms with van der Waals surface area (Å²) in [6.45, 7) is 0. The van der Waals surface area contributed by atoms with Gasteiger partial charge in [-0.15, -0.1) is 11.3 Å². The molecule has 0 radical (unpaired) electrons. The van der Waals surface area contributed by atoms with Gasteiger partial charge in [0.15, 0.2) is 0 Å². The second-order valence-corrected chi connectivity index (χ2v) is 5.51. The van der Waals surface area contributed by atoms with Gasteiger partial charge in [-0.1, -0.05) is 12.1 Å². The molecule has 0 amide bonds. The van der Waals surface area contributed by atoms with Crippen molar-refractivity contribution >= 4 is 38.9 Å². The molecule has 1 nitrogen and oxygen atoms in total. The fraction of sp³-hybridized carbons (Fsp3) is 0.273. The van der Waals surface area contributed by atoms with Crippen molar-refractivity contribution in [3.05, 3.63) is 29.6 Å². The number of anilines is 1. The Hall–Kier alpha value is -0.670. The number of benzene rings is 1. The van der Waals surface area contributed by atoms with Crippen molar-refractivity contribution in [1.82, 2.24) is 0 Å². The van der Waals surface area contributed by atoms with Crippen molar-refractivity contribution in [2.45, 2.75) is 6.04 Å². The SMILES string of the molecule is c1cc(NC2CSC2)c2sccc2c1. The smallest absolute Gasteiger partial charge is 0.0574 e. The number of thioether (sulfide) groups is 1. The second kappa shape index (κ2) is 3.48. The number of rotatable bonds is 2. The van der Waals surface area contributed by atoms with Crippen LogP contribution in [0.25, 0.3) is 10.1 Å². The lowest BCUT2D eigenvalue weighted by atomic mass is 10.2. The summed E-state index contributed by atoms with van der Waals surface area (Å²) in [4.78, 5) is 0. The summed E-state index contributed by atoms with van der Waals surface area (Å²) in [7, 11) is 0. The molecule has 3 rings (SSSR count). The van der Waals surface area contributed by atoms with E-state index < -0.39 is 0 Å². The first-order valence-corrected chi connectivity index (χ1v) is 6.77. The van der Waals surface area contributed by atoms with Crippen molar-refractivity contribution in [1.29, 1.82) is 0 Å². The molecule has 72 valence electrons. The predicted molar refractivity (Wildman–Crippen MR) is 66.6 cm³/mol. The minimum Gasteiger partial charge on any atom is -0.379 e. The van der Waals surface area contributed by atoms with E-state index in [0.717, 1.165) is 0 Å². The maximum atomic E-state index is 3.60. The van der Waals surface area contributed by atoms with Crippen molar-refractivity contribution in [3.63, 3.8) is 0 Å². The average molecular weight is 221 g/mol. The monoisotopic (exact) mass is 221 g/mol. The Morgan fingerprint density at radius 3 is 2.93 bits per heavy atom. The van der Waals surface area contributed by atoms with E-state index in [4.69, 9.17) is 0 Å². The zero-order valence-corrected chi connectivity index (χ0v) is 9.33. The Morgan fingerprint density at radius 2 is 2.14 bits per heavy atom. The zero-order valence-electron chi connectivity index (χ0n) is 7.69. The molecular weight excluding hydrogens is 210 g/mol. The molecule has 1 N–H and O–H groups in total. The van der Waals surface area contributed by atoms with E-state index in [-0.39, 0.29) is 0 Å². The van der Waals surface area contributed by atoms with Crippen LogP contribution in [0.15, 0.2) is 29.6 Å². The van der Waals surface area contributed by atoms with Crippen LogP contribution in [0.2, 0.25) is 0 Å². The van der Waals surface area contributed by atoms with Gasteiger partial charge in [0.05, 0.1) is 10.4 Å². The molecule has 1 saturated heterocycles. The summed E-state index contributed by atoms with van der Waals surface area (Å²) in [5, 5.41) is 7.11. The van der Waals surface area contributed by atoms with Gasteiger partial charge in [0, 0.05) is 17.5 Å². The topological polar surface area (TPSA) is 12.0 Å². The van der Waals surface area contributed by atoms with Crippen LogP contribution in [0.4, 0.5) is 5.69 Å². The largest absolute Gasteiger partial charge is 0.379 e. The Balaban J connectivity index is 1.97. The molecule has 1 aliphatic heterocycles. The van der Waals surface area contributed by atoms with Crippen LogP contribution in [0.5, 0.6) is 0 Å². The van der Waals surface area contributed by atoms with E-state index in [0.29, 0.717) is 6.04 Å². The fourth-order valence-corrected chi connectivity index (χ4v) is 3.16.